The average molecular weight is 263 g/mol. The average Bonchev–Trinajstić information content (AvgIpc) is 2.76. The lowest BCUT2D eigenvalue weighted by atomic mass is 10.0. The Morgan fingerprint density at radius 2 is 2.17 bits per heavy atom. The third-order valence-electron chi connectivity index (χ3n) is 3.80. The maximum atomic E-state index is 3.74. The third-order valence-corrected chi connectivity index (χ3v) is 4.49. The first-order chi connectivity index (χ1) is 8.81. The molecule has 1 N–H and O–H groups in total. The number of fused-ring (bicyclic) bond motifs is 1. The fourth-order valence-corrected chi connectivity index (χ4v) is 3.25. The van der Waals surface area contributed by atoms with E-state index in [1.807, 2.05) is 11.8 Å². The molecular formula is C16H25NS. The highest BCUT2D eigenvalue weighted by molar-refractivity contribution is 7.98. The van der Waals surface area contributed by atoms with Gasteiger partial charge < -0.3 is 5.32 Å². The summed E-state index contributed by atoms with van der Waals surface area (Å²) in [5, 5.41) is 3.74. The summed E-state index contributed by atoms with van der Waals surface area (Å²) in [5.74, 6) is 1.31. The number of aryl methyl sites for hydroxylation is 2. The first-order valence-electron chi connectivity index (χ1n) is 7.13. The van der Waals surface area contributed by atoms with E-state index in [0.29, 0.717) is 6.04 Å². The number of hydrogen-bond acceptors (Lipinski definition) is 2. The molecule has 1 aliphatic rings. The fraction of sp³-hybridized carbons (Fsp3) is 0.625. The second-order valence-electron chi connectivity index (χ2n) is 5.30. The van der Waals surface area contributed by atoms with Gasteiger partial charge in [0.05, 0.1) is 0 Å². The lowest BCUT2D eigenvalue weighted by Crippen LogP contribution is -2.20. The lowest BCUT2D eigenvalue weighted by Gasteiger charge is -2.14. The summed E-state index contributed by atoms with van der Waals surface area (Å²) < 4.78 is 0. The summed E-state index contributed by atoms with van der Waals surface area (Å²) in [6.45, 7) is 3.37. The van der Waals surface area contributed by atoms with E-state index < -0.39 is 0 Å². The zero-order valence-electron chi connectivity index (χ0n) is 11.7. The molecule has 0 saturated heterocycles. The van der Waals surface area contributed by atoms with Gasteiger partial charge in [-0.15, -0.1) is 0 Å². The molecule has 1 aliphatic carbocycles. The fourth-order valence-electron chi connectivity index (χ4n) is 2.76. The first-order valence-corrected chi connectivity index (χ1v) is 8.52. The molecule has 2 rings (SSSR count). The zero-order chi connectivity index (χ0) is 12.8. The summed E-state index contributed by atoms with van der Waals surface area (Å²) >= 11 is 1.96. The molecule has 100 valence electrons. The SMILES string of the molecule is CSCCCCCNC1CCc2ccc(C)cc21. The molecule has 1 unspecified atom stereocenters. The molecule has 18 heavy (non-hydrogen) atoms. The van der Waals surface area contributed by atoms with E-state index in [9.17, 15) is 0 Å². The van der Waals surface area contributed by atoms with Gasteiger partial charge in [-0.2, -0.15) is 11.8 Å². The van der Waals surface area contributed by atoms with Crippen LogP contribution in [0.4, 0.5) is 0 Å². The molecule has 0 amide bonds. The minimum Gasteiger partial charge on any atom is -0.310 e. The molecule has 0 aliphatic heterocycles. The Labute approximate surface area is 116 Å². The number of hydrogen-bond donors (Lipinski definition) is 1. The van der Waals surface area contributed by atoms with Crippen LogP contribution >= 0.6 is 11.8 Å². The van der Waals surface area contributed by atoms with Gasteiger partial charge in [-0.1, -0.05) is 30.2 Å². The van der Waals surface area contributed by atoms with Crippen LogP contribution in [-0.2, 0) is 6.42 Å². The van der Waals surface area contributed by atoms with E-state index in [2.05, 4.69) is 36.7 Å². The standard InChI is InChI=1S/C16H25NS/c1-13-6-7-14-8-9-16(15(14)12-13)17-10-4-3-5-11-18-2/h6-7,12,16-17H,3-5,8-11H2,1-2H3. The molecule has 0 fully saturated rings. The van der Waals surface area contributed by atoms with Crippen LogP contribution < -0.4 is 5.32 Å². The normalized spacial score (nSPS) is 18.0. The van der Waals surface area contributed by atoms with Gasteiger partial charge in [-0.25, -0.2) is 0 Å². The maximum Gasteiger partial charge on any atom is 0.0326 e. The van der Waals surface area contributed by atoms with Crippen molar-refractivity contribution in [3.8, 4) is 0 Å². The summed E-state index contributed by atoms with van der Waals surface area (Å²) in [7, 11) is 0. The van der Waals surface area contributed by atoms with Gasteiger partial charge in [-0.05, 0) is 62.3 Å². The molecule has 0 saturated carbocycles. The number of nitrogens with one attached hydrogen (secondary N) is 1. The van der Waals surface area contributed by atoms with E-state index >= 15 is 0 Å². The van der Waals surface area contributed by atoms with Crippen molar-refractivity contribution < 1.29 is 0 Å². The predicted octanol–water partition coefficient (Wildman–Crippen LogP) is 4.11. The van der Waals surface area contributed by atoms with Crippen LogP contribution in [0.5, 0.6) is 0 Å². The Hall–Kier alpha value is -0.470. The highest BCUT2D eigenvalue weighted by atomic mass is 32.2. The Kier molecular flexibility index (Phi) is 5.58. The number of rotatable bonds is 7. The smallest absolute Gasteiger partial charge is 0.0326 e. The molecular weight excluding hydrogens is 238 g/mol. The second kappa shape index (κ2) is 7.20. The molecule has 1 aromatic carbocycles. The van der Waals surface area contributed by atoms with Crippen LogP contribution in [0.25, 0.3) is 0 Å². The number of benzene rings is 1. The van der Waals surface area contributed by atoms with Crippen molar-refractivity contribution in [1.82, 2.24) is 5.32 Å². The van der Waals surface area contributed by atoms with Crippen molar-refractivity contribution in [3.63, 3.8) is 0 Å². The van der Waals surface area contributed by atoms with Crippen molar-refractivity contribution in [3.05, 3.63) is 34.9 Å². The number of thioether (sulfide) groups is 1. The summed E-state index contributed by atoms with van der Waals surface area (Å²) in [5.41, 5.74) is 4.50. The minimum absolute atomic E-state index is 0.612. The first kappa shape index (κ1) is 14.0. The maximum absolute atomic E-state index is 3.74. The highest BCUT2D eigenvalue weighted by Crippen LogP contribution is 2.31. The predicted molar refractivity (Wildman–Crippen MR) is 82.5 cm³/mol. The Bertz CT molecular complexity index is 375. The van der Waals surface area contributed by atoms with E-state index in [1.54, 1.807) is 11.1 Å². The summed E-state index contributed by atoms with van der Waals surface area (Å²) in [6, 6.07) is 7.53. The second-order valence-corrected chi connectivity index (χ2v) is 6.29. The lowest BCUT2D eigenvalue weighted by molar-refractivity contribution is 0.511. The van der Waals surface area contributed by atoms with Crippen molar-refractivity contribution in [2.45, 2.75) is 45.1 Å². The molecule has 1 aromatic rings. The van der Waals surface area contributed by atoms with Gasteiger partial charge in [-0.3, -0.25) is 0 Å². The molecule has 1 nitrogen and oxygen atoms in total. The number of unbranched alkanes of at least 4 members (excludes halogenated alkanes) is 2. The summed E-state index contributed by atoms with van der Waals surface area (Å²) in [4.78, 5) is 0. The van der Waals surface area contributed by atoms with Gasteiger partial charge in [0.1, 0.15) is 0 Å². The van der Waals surface area contributed by atoms with Crippen molar-refractivity contribution in [2.75, 3.05) is 18.6 Å². The summed E-state index contributed by atoms with van der Waals surface area (Å²) in [6.07, 6.45) is 8.77. The molecule has 2 heteroatoms. The van der Waals surface area contributed by atoms with E-state index in [0.717, 1.165) is 0 Å². The van der Waals surface area contributed by atoms with E-state index in [1.165, 1.54) is 50.0 Å². The largest absolute Gasteiger partial charge is 0.310 e. The monoisotopic (exact) mass is 263 g/mol. The highest BCUT2D eigenvalue weighted by Gasteiger charge is 2.21. The Balaban J connectivity index is 1.74. The van der Waals surface area contributed by atoms with Crippen LogP contribution in [0.15, 0.2) is 18.2 Å². The topological polar surface area (TPSA) is 12.0 Å². The van der Waals surface area contributed by atoms with E-state index in [-0.39, 0.29) is 0 Å². The van der Waals surface area contributed by atoms with Crippen LogP contribution in [0.2, 0.25) is 0 Å². The van der Waals surface area contributed by atoms with Crippen molar-refractivity contribution in [1.29, 1.82) is 0 Å². The van der Waals surface area contributed by atoms with Crippen molar-refractivity contribution >= 4 is 11.8 Å². The van der Waals surface area contributed by atoms with E-state index in [4.69, 9.17) is 0 Å². The zero-order valence-corrected chi connectivity index (χ0v) is 12.5. The molecule has 0 heterocycles. The van der Waals surface area contributed by atoms with Crippen LogP contribution in [0.3, 0.4) is 0 Å². The minimum atomic E-state index is 0.612. The van der Waals surface area contributed by atoms with Crippen LogP contribution in [0.1, 0.15) is 48.4 Å². The van der Waals surface area contributed by atoms with Gasteiger partial charge in [0, 0.05) is 6.04 Å². The molecule has 0 bridgehead atoms. The molecule has 1 atom stereocenters. The molecule has 0 spiro atoms. The Morgan fingerprint density at radius 1 is 1.28 bits per heavy atom. The van der Waals surface area contributed by atoms with Gasteiger partial charge >= 0.3 is 0 Å². The van der Waals surface area contributed by atoms with Crippen LogP contribution in [0, 0.1) is 6.92 Å². The van der Waals surface area contributed by atoms with Crippen molar-refractivity contribution in [2.24, 2.45) is 0 Å². The quantitative estimate of drug-likeness (QED) is 0.743. The van der Waals surface area contributed by atoms with Gasteiger partial charge in [0.25, 0.3) is 0 Å². The molecule has 0 aromatic heterocycles. The third kappa shape index (κ3) is 3.76. The van der Waals surface area contributed by atoms with Gasteiger partial charge in [0.15, 0.2) is 0 Å². The molecule has 0 radical (unpaired) electrons. The Morgan fingerprint density at radius 3 is 3.00 bits per heavy atom. The van der Waals surface area contributed by atoms with Crippen LogP contribution in [-0.4, -0.2) is 18.6 Å². The van der Waals surface area contributed by atoms with Gasteiger partial charge in [0.2, 0.25) is 0 Å².